The summed E-state index contributed by atoms with van der Waals surface area (Å²) in [5.41, 5.74) is 4.90. The van der Waals surface area contributed by atoms with Gasteiger partial charge >= 0.3 is 5.69 Å². The molecule has 0 fully saturated rings. The monoisotopic (exact) mass is 327 g/mol. The van der Waals surface area contributed by atoms with Crippen LogP contribution in [0, 0.1) is 5.82 Å². The fraction of sp³-hybridized carbons (Fsp3) is 0.167. The third kappa shape index (κ3) is 2.46. The molecule has 7 heteroatoms. The van der Waals surface area contributed by atoms with Crippen molar-refractivity contribution in [2.24, 2.45) is 7.05 Å². The van der Waals surface area contributed by atoms with Crippen LogP contribution in [0.25, 0.3) is 0 Å². The van der Waals surface area contributed by atoms with Crippen LogP contribution < -0.4 is 17.0 Å². The van der Waals surface area contributed by atoms with E-state index in [2.05, 4.69) is 15.9 Å². The van der Waals surface area contributed by atoms with Crippen LogP contribution >= 0.6 is 15.9 Å². The molecule has 0 aliphatic rings. The second-order valence-electron chi connectivity index (χ2n) is 4.08. The maximum atomic E-state index is 13.4. The highest BCUT2D eigenvalue weighted by molar-refractivity contribution is 9.10. The van der Waals surface area contributed by atoms with Crippen molar-refractivity contribution in [2.45, 2.75) is 6.54 Å². The highest BCUT2D eigenvalue weighted by atomic mass is 79.9. The lowest BCUT2D eigenvalue weighted by Gasteiger charge is -2.10. The quantitative estimate of drug-likeness (QED) is 0.897. The van der Waals surface area contributed by atoms with Crippen molar-refractivity contribution >= 4 is 21.6 Å². The number of nitrogens with zero attached hydrogens (tertiary/aromatic N) is 2. The van der Waals surface area contributed by atoms with Crippen LogP contribution in [0.15, 0.2) is 38.5 Å². The van der Waals surface area contributed by atoms with Gasteiger partial charge in [0, 0.05) is 13.2 Å². The summed E-state index contributed by atoms with van der Waals surface area (Å²) in [5.74, 6) is -0.453. The maximum absolute atomic E-state index is 13.4. The molecule has 0 bridgehead atoms. The molecule has 1 heterocycles. The van der Waals surface area contributed by atoms with Crippen molar-refractivity contribution in [3.05, 3.63) is 61.1 Å². The van der Waals surface area contributed by atoms with Crippen LogP contribution in [-0.2, 0) is 13.6 Å². The van der Waals surface area contributed by atoms with Gasteiger partial charge in [0.05, 0.1) is 11.0 Å². The number of aryl methyl sites for hydroxylation is 1. The fourth-order valence-corrected chi connectivity index (χ4v) is 2.12. The van der Waals surface area contributed by atoms with E-state index in [9.17, 15) is 14.0 Å². The Morgan fingerprint density at radius 2 is 2.05 bits per heavy atom. The summed E-state index contributed by atoms with van der Waals surface area (Å²) >= 11 is 3.09. The number of hydrogen-bond acceptors (Lipinski definition) is 3. The number of aromatic nitrogens is 2. The molecule has 0 saturated heterocycles. The van der Waals surface area contributed by atoms with Gasteiger partial charge in [-0.2, -0.15) is 0 Å². The molecule has 0 unspecified atom stereocenters. The van der Waals surface area contributed by atoms with E-state index < -0.39 is 17.1 Å². The van der Waals surface area contributed by atoms with Gasteiger partial charge in [-0.05, 0) is 27.6 Å². The molecule has 100 valence electrons. The van der Waals surface area contributed by atoms with Gasteiger partial charge in [0.25, 0.3) is 5.56 Å². The Bertz CT molecular complexity index is 717. The highest BCUT2D eigenvalue weighted by Gasteiger charge is 2.11. The normalized spacial score (nSPS) is 10.7. The van der Waals surface area contributed by atoms with E-state index in [0.29, 0.717) is 5.56 Å². The number of nitrogen functional groups attached to an aromatic ring is 1. The van der Waals surface area contributed by atoms with Gasteiger partial charge in [0.1, 0.15) is 11.5 Å². The number of rotatable bonds is 2. The van der Waals surface area contributed by atoms with Gasteiger partial charge in [-0.25, -0.2) is 9.18 Å². The third-order valence-electron chi connectivity index (χ3n) is 2.72. The SMILES string of the molecule is Cn1cc(N)c(=O)n(Cc2cccc(F)c2Br)c1=O. The topological polar surface area (TPSA) is 70.0 Å². The highest BCUT2D eigenvalue weighted by Crippen LogP contribution is 2.20. The minimum atomic E-state index is -0.584. The summed E-state index contributed by atoms with van der Waals surface area (Å²) in [5, 5.41) is 0. The van der Waals surface area contributed by atoms with Crippen LogP contribution in [0.5, 0.6) is 0 Å². The zero-order valence-electron chi connectivity index (χ0n) is 10.1. The standard InChI is InChI=1S/C12H11BrFN3O2/c1-16-6-9(15)11(18)17(12(16)19)5-7-3-2-4-8(14)10(7)13/h2-4,6H,5,15H2,1H3. The van der Waals surface area contributed by atoms with Crippen molar-refractivity contribution in [3.8, 4) is 0 Å². The first kappa shape index (κ1) is 13.5. The van der Waals surface area contributed by atoms with Crippen LogP contribution in [0.3, 0.4) is 0 Å². The molecular weight excluding hydrogens is 317 g/mol. The smallest absolute Gasteiger partial charge is 0.331 e. The Morgan fingerprint density at radius 1 is 1.37 bits per heavy atom. The molecule has 0 aliphatic heterocycles. The number of benzene rings is 1. The second-order valence-corrected chi connectivity index (χ2v) is 4.88. The first-order chi connectivity index (χ1) is 8.91. The van der Waals surface area contributed by atoms with Gasteiger partial charge in [0.2, 0.25) is 0 Å². The van der Waals surface area contributed by atoms with Crippen LogP contribution in [-0.4, -0.2) is 9.13 Å². The van der Waals surface area contributed by atoms with Gasteiger partial charge in [-0.3, -0.25) is 9.36 Å². The molecule has 5 nitrogen and oxygen atoms in total. The summed E-state index contributed by atoms with van der Waals surface area (Å²) in [6.07, 6.45) is 1.27. The van der Waals surface area contributed by atoms with E-state index in [1.807, 2.05) is 0 Å². The lowest BCUT2D eigenvalue weighted by atomic mass is 10.2. The summed E-state index contributed by atoms with van der Waals surface area (Å²) in [4.78, 5) is 23.8. The predicted molar refractivity (Wildman–Crippen MR) is 73.6 cm³/mol. The van der Waals surface area contributed by atoms with Crippen molar-refractivity contribution in [1.29, 1.82) is 0 Å². The number of halogens is 2. The number of nitrogens with two attached hydrogens (primary N) is 1. The second kappa shape index (κ2) is 5.00. The van der Waals surface area contributed by atoms with E-state index in [1.165, 1.54) is 29.9 Å². The van der Waals surface area contributed by atoms with Crippen molar-refractivity contribution in [1.82, 2.24) is 9.13 Å². The van der Waals surface area contributed by atoms with Crippen LogP contribution in [0.1, 0.15) is 5.56 Å². The maximum Gasteiger partial charge on any atom is 0.331 e. The Hall–Kier alpha value is -1.89. The van der Waals surface area contributed by atoms with Crippen LogP contribution in [0.2, 0.25) is 0 Å². The lowest BCUT2D eigenvalue weighted by Crippen LogP contribution is -2.40. The van der Waals surface area contributed by atoms with Crippen molar-refractivity contribution in [3.63, 3.8) is 0 Å². The lowest BCUT2D eigenvalue weighted by molar-refractivity contribution is 0.607. The van der Waals surface area contributed by atoms with E-state index in [0.717, 1.165) is 4.57 Å². The zero-order chi connectivity index (χ0) is 14.2. The first-order valence-electron chi connectivity index (χ1n) is 5.40. The molecule has 0 aliphatic carbocycles. The Balaban J connectivity index is 2.59. The summed E-state index contributed by atoms with van der Waals surface area (Å²) in [6.45, 7) is -0.0467. The van der Waals surface area contributed by atoms with Gasteiger partial charge in [-0.1, -0.05) is 12.1 Å². The Labute approximate surface area is 116 Å². The molecule has 2 N–H and O–H groups in total. The van der Waals surface area contributed by atoms with E-state index >= 15 is 0 Å². The molecule has 0 saturated carbocycles. The van der Waals surface area contributed by atoms with Crippen molar-refractivity contribution in [2.75, 3.05) is 5.73 Å². The summed E-state index contributed by atoms with van der Waals surface area (Å²) in [6, 6.07) is 4.42. The summed E-state index contributed by atoms with van der Waals surface area (Å²) in [7, 11) is 1.50. The van der Waals surface area contributed by atoms with Crippen molar-refractivity contribution < 1.29 is 4.39 Å². The molecule has 0 atom stereocenters. The Morgan fingerprint density at radius 3 is 2.74 bits per heavy atom. The molecule has 19 heavy (non-hydrogen) atoms. The van der Waals surface area contributed by atoms with Crippen LogP contribution in [0.4, 0.5) is 10.1 Å². The predicted octanol–water partition coefficient (Wildman–Crippen LogP) is 1.08. The molecular formula is C12H11BrFN3O2. The average molecular weight is 328 g/mol. The largest absolute Gasteiger partial charge is 0.393 e. The third-order valence-corrected chi connectivity index (χ3v) is 3.61. The zero-order valence-corrected chi connectivity index (χ0v) is 11.6. The summed E-state index contributed by atoms with van der Waals surface area (Å²) < 4.78 is 15.8. The molecule has 2 aromatic rings. The number of anilines is 1. The minimum absolute atomic E-state index is 0.0328. The van der Waals surface area contributed by atoms with Gasteiger partial charge in [0.15, 0.2) is 0 Å². The molecule has 1 aromatic heterocycles. The number of hydrogen-bond donors (Lipinski definition) is 1. The van der Waals surface area contributed by atoms with E-state index in [1.54, 1.807) is 6.07 Å². The molecule has 2 rings (SSSR count). The molecule has 1 aromatic carbocycles. The van der Waals surface area contributed by atoms with Gasteiger partial charge < -0.3 is 10.3 Å². The van der Waals surface area contributed by atoms with E-state index in [-0.39, 0.29) is 16.7 Å². The average Bonchev–Trinajstić information content (AvgIpc) is 2.37. The molecule has 0 radical (unpaired) electrons. The Kier molecular flexibility index (Phi) is 3.57. The minimum Gasteiger partial charge on any atom is -0.393 e. The molecule has 0 amide bonds. The molecule has 0 spiro atoms. The van der Waals surface area contributed by atoms with E-state index in [4.69, 9.17) is 5.73 Å². The van der Waals surface area contributed by atoms with Gasteiger partial charge in [-0.15, -0.1) is 0 Å². The fourth-order valence-electron chi connectivity index (χ4n) is 1.73. The first-order valence-corrected chi connectivity index (χ1v) is 6.20.